The largest absolute Gasteiger partial charge is 0.455 e. The van der Waals surface area contributed by atoms with Crippen molar-refractivity contribution < 1.29 is 4.74 Å². The molecule has 0 aliphatic carbocycles. The van der Waals surface area contributed by atoms with Gasteiger partial charge in [-0.05, 0) is 42.8 Å². The highest BCUT2D eigenvalue weighted by molar-refractivity contribution is 5.62. The lowest BCUT2D eigenvalue weighted by atomic mass is 10.2. The van der Waals surface area contributed by atoms with E-state index in [1.165, 1.54) is 12.4 Å². The minimum absolute atomic E-state index is 0.251. The fourth-order valence-electron chi connectivity index (χ4n) is 2.02. The number of benzene rings is 1. The molecule has 6 heteroatoms. The fourth-order valence-corrected chi connectivity index (χ4v) is 2.02. The predicted molar refractivity (Wildman–Crippen MR) is 85.5 cm³/mol. The number of hydrogen-bond acceptors (Lipinski definition) is 6. The Morgan fingerprint density at radius 2 is 2.00 bits per heavy atom. The second-order valence-electron chi connectivity index (χ2n) is 4.76. The van der Waals surface area contributed by atoms with E-state index in [4.69, 9.17) is 10.00 Å². The van der Waals surface area contributed by atoms with E-state index >= 15 is 0 Å². The van der Waals surface area contributed by atoms with Crippen LogP contribution in [-0.4, -0.2) is 15.0 Å². The van der Waals surface area contributed by atoms with Gasteiger partial charge >= 0.3 is 0 Å². The number of anilines is 2. The van der Waals surface area contributed by atoms with Crippen molar-refractivity contribution >= 4 is 11.5 Å². The van der Waals surface area contributed by atoms with Gasteiger partial charge in [-0.15, -0.1) is 0 Å². The zero-order chi connectivity index (χ0) is 16.1. The Hall–Kier alpha value is -3.46. The molecule has 0 radical (unpaired) electrons. The lowest BCUT2D eigenvalue weighted by Crippen LogP contribution is -1.99. The summed E-state index contributed by atoms with van der Waals surface area (Å²) in [5.41, 5.74) is 2.00. The first-order chi connectivity index (χ1) is 11.3. The molecular formula is C17H13N5O. The van der Waals surface area contributed by atoms with Crippen molar-refractivity contribution in [3.05, 3.63) is 66.4 Å². The summed E-state index contributed by atoms with van der Waals surface area (Å²) in [5.74, 6) is 1.84. The molecule has 0 bridgehead atoms. The Morgan fingerprint density at radius 3 is 2.74 bits per heavy atom. The summed E-state index contributed by atoms with van der Waals surface area (Å²) in [4.78, 5) is 12.1. The minimum Gasteiger partial charge on any atom is -0.455 e. The van der Waals surface area contributed by atoms with Crippen LogP contribution in [0.25, 0.3) is 0 Å². The van der Waals surface area contributed by atoms with E-state index in [0.717, 1.165) is 17.0 Å². The van der Waals surface area contributed by atoms with Crippen LogP contribution in [0, 0.1) is 18.3 Å². The molecular weight excluding hydrogens is 290 g/mol. The molecule has 0 aliphatic rings. The SMILES string of the molecule is Cc1cc(Nc2nccnc2C#N)ccc1Oc1cccnc1. The van der Waals surface area contributed by atoms with Crippen LogP contribution >= 0.6 is 0 Å². The van der Waals surface area contributed by atoms with Crippen molar-refractivity contribution in [1.82, 2.24) is 15.0 Å². The molecule has 112 valence electrons. The molecule has 0 amide bonds. The molecule has 1 aromatic carbocycles. The van der Waals surface area contributed by atoms with Gasteiger partial charge < -0.3 is 10.1 Å². The maximum absolute atomic E-state index is 9.04. The van der Waals surface area contributed by atoms with E-state index in [1.54, 1.807) is 12.4 Å². The fraction of sp³-hybridized carbons (Fsp3) is 0.0588. The maximum atomic E-state index is 9.04. The summed E-state index contributed by atoms with van der Waals surface area (Å²) in [7, 11) is 0. The van der Waals surface area contributed by atoms with Gasteiger partial charge in [0.2, 0.25) is 0 Å². The van der Waals surface area contributed by atoms with Crippen molar-refractivity contribution in [2.75, 3.05) is 5.32 Å². The zero-order valence-corrected chi connectivity index (χ0v) is 12.4. The van der Waals surface area contributed by atoms with Gasteiger partial charge in [0.15, 0.2) is 11.5 Å². The van der Waals surface area contributed by atoms with Gasteiger partial charge in [-0.3, -0.25) is 4.98 Å². The Kier molecular flexibility index (Phi) is 4.11. The lowest BCUT2D eigenvalue weighted by Gasteiger charge is -2.11. The third-order valence-electron chi connectivity index (χ3n) is 3.10. The highest BCUT2D eigenvalue weighted by atomic mass is 16.5. The number of pyridine rings is 1. The van der Waals surface area contributed by atoms with Gasteiger partial charge in [0.1, 0.15) is 17.6 Å². The number of hydrogen-bond donors (Lipinski definition) is 1. The number of aryl methyl sites for hydroxylation is 1. The monoisotopic (exact) mass is 303 g/mol. The minimum atomic E-state index is 0.251. The Balaban J connectivity index is 1.81. The average molecular weight is 303 g/mol. The molecule has 0 fully saturated rings. The molecule has 23 heavy (non-hydrogen) atoms. The Labute approximate surface area is 133 Å². The van der Waals surface area contributed by atoms with Gasteiger partial charge in [0, 0.05) is 24.3 Å². The summed E-state index contributed by atoms with van der Waals surface area (Å²) in [6, 6.07) is 11.3. The molecule has 0 unspecified atom stereocenters. The van der Waals surface area contributed by atoms with Crippen LogP contribution in [0.3, 0.4) is 0 Å². The topological polar surface area (TPSA) is 83.7 Å². The van der Waals surface area contributed by atoms with Crippen LogP contribution in [0.1, 0.15) is 11.3 Å². The molecule has 2 heterocycles. The zero-order valence-electron chi connectivity index (χ0n) is 12.4. The average Bonchev–Trinajstić information content (AvgIpc) is 2.59. The predicted octanol–water partition coefficient (Wildman–Crippen LogP) is 3.59. The second-order valence-corrected chi connectivity index (χ2v) is 4.76. The summed E-state index contributed by atoms with van der Waals surface area (Å²) in [6.07, 6.45) is 6.38. The van der Waals surface area contributed by atoms with Crippen LogP contribution in [0.5, 0.6) is 11.5 Å². The van der Waals surface area contributed by atoms with Gasteiger partial charge in [-0.1, -0.05) is 0 Å². The molecule has 2 aromatic heterocycles. The molecule has 6 nitrogen and oxygen atoms in total. The second kappa shape index (κ2) is 6.54. The van der Waals surface area contributed by atoms with Crippen LogP contribution in [0.4, 0.5) is 11.5 Å². The summed E-state index contributed by atoms with van der Waals surface area (Å²) in [6.45, 7) is 1.94. The van der Waals surface area contributed by atoms with Crippen molar-refractivity contribution in [2.45, 2.75) is 6.92 Å². The van der Waals surface area contributed by atoms with Crippen molar-refractivity contribution in [3.63, 3.8) is 0 Å². The van der Waals surface area contributed by atoms with Crippen molar-refractivity contribution in [1.29, 1.82) is 5.26 Å². The third-order valence-corrected chi connectivity index (χ3v) is 3.10. The molecule has 0 aliphatic heterocycles. The van der Waals surface area contributed by atoms with E-state index in [1.807, 2.05) is 43.3 Å². The van der Waals surface area contributed by atoms with E-state index < -0.39 is 0 Å². The molecule has 0 saturated carbocycles. The van der Waals surface area contributed by atoms with E-state index in [0.29, 0.717) is 11.6 Å². The highest BCUT2D eigenvalue weighted by Gasteiger charge is 2.07. The Bertz CT molecular complexity index is 858. The van der Waals surface area contributed by atoms with Gasteiger partial charge in [-0.25, -0.2) is 9.97 Å². The first kappa shape index (κ1) is 14.5. The Morgan fingerprint density at radius 1 is 1.13 bits per heavy atom. The quantitative estimate of drug-likeness (QED) is 0.793. The number of nitrogens with one attached hydrogen (secondary N) is 1. The van der Waals surface area contributed by atoms with Gasteiger partial charge in [0.05, 0.1) is 6.20 Å². The van der Waals surface area contributed by atoms with E-state index in [9.17, 15) is 0 Å². The lowest BCUT2D eigenvalue weighted by molar-refractivity contribution is 0.476. The highest BCUT2D eigenvalue weighted by Crippen LogP contribution is 2.28. The van der Waals surface area contributed by atoms with Crippen LogP contribution in [-0.2, 0) is 0 Å². The van der Waals surface area contributed by atoms with Gasteiger partial charge in [-0.2, -0.15) is 5.26 Å². The number of nitriles is 1. The van der Waals surface area contributed by atoms with E-state index in [-0.39, 0.29) is 5.69 Å². The number of aromatic nitrogens is 3. The van der Waals surface area contributed by atoms with Crippen LogP contribution in [0.2, 0.25) is 0 Å². The van der Waals surface area contributed by atoms with Crippen molar-refractivity contribution in [2.24, 2.45) is 0 Å². The smallest absolute Gasteiger partial charge is 0.183 e. The summed E-state index contributed by atoms with van der Waals surface area (Å²) in [5, 5.41) is 12.1. The first-order valence-electron chi connectivity index (χ1n) is 6.93. The molecule has 0 spiro atoms. The van der Waals surface area contributed by atoms with Crippen molar-refractivity contribution in [3.8, 4) is 17.6 Å². The summed E-state index contributed by atoms with van der Waals surface area (Å²) < 4.78 is 5.79. The standard InChI is InChI=1S/C17H13N5O/c1-12-9-13(22-17-15(10-18)20-7-8-21-17)4-5-16(12)23-14-3-2-6-19-11-14/h2-9,11H,1H3,(H,21,22). The first-order valence-corrected chi connectivity index (χ1v) is 6.93. The number of nitrogens with zero attached hydrogens (tertiary/aromatic N) is 4. The molecule has 3 aromatic rings. The molecule has 1 N–H and O–H groups in total. The number of rotatable bonds is 4. The molecule has 0 atom stereocenters. The van der Waals surface area contributed by atoms with E-state index in [2.05, 4.69) is 20.3 Å². The van der Waals surface area contributed by atoms with Crippen LogP contribution < -0.4 is 10.1 Å². The molecule has 0 saturated heterocycles. The number of ether oxygens (including phenoxy) is 1. The van der Waals surface area contributed by atoms with Gasteiger partial charge in [0.25, 0.3) is 0 Å². The molecule has 3 rings (SSSR count). The normalized spacial score (nSPS) is 9.91. The summed E-state index contributed by atoms with van der Waals surface area (Å²) >= 11 is 0. The van der Waals surface area contributed by atoms with Crippen LogP contribution in [0.15, 0.2) is 55.1 Å². The maximum Gasteiger partial charge on any atom is 0.183 e. The third kappa shape index (κ3) is 3.41.